The molecule has 0 spiro atoms. The van der Waals surface area contributed by atoms with Gasteiger partial charge < -0.3 is 4.74 Å². The number of hydrogen-bond donors (Lipinski definition) is 0. The molecule has 2 nitrogen and oxygen atoms in total. The fourth-order valence-corrected chi connectivity index (χ4v) is 1.47. The maximum Gasteiger partial charge on any atom is 0.305 e. The van der Waals surface area contributed by atoms with Crippen molar-refractivity contribution in [1.29, 1.82) is 0 Å². The van der Waals surface area contributed by atoms with Gasteiger partial charge >= 0.3 is 5.97 Å². The zero-order valence-electron chi connectivity index (χ0n) is 11.3. The number of unbranched alkanes of at least 4 members (excludes halogenated alkanes) is 5. The highest BCUT2D eigenvalue weighted by atomic mass is 16.5. The zero-order valence-corrected chi connectivity index (χ0v) is 11.3. The molecular weight excluding hydrogens is 212 g/mol. The lowest BCUT2D eigenvalue weighted by molar-refractivity contribution is -0.143. The minimum absolute atomic E-state index is 0.0842. The molecule has 2 heteroatoms. The fourth-order valence-electron chi connectivity index (χ4n) is 1.47. The molecule has 0 aliphatic rings. The molecule has 98 valence electrons. The molecule has 0 fully saturated rings. The van der Waals surface area contributed by atoms with Crippen LogP contribution in [0, 0.1) is 0 Å². The van der Waals surface area contributed by atoms with Crippen LogP contribution < -0.4 is 0 Å². The third-order valence-electron chi connectivity index (χ3n) is 2.51. The average Bonchev–Trinajstić information content (AvgIpc) is 2.35. The van der Waals surface area contributed by atoms with Crippen molar-refractivity contribution in [2.24, 2.45) is 0 Å². The molecule has 17 heavy (non-hydrogen) atoms. The van der Waals surface area contributed by atoms with Crippen LogP contribution in [0.5, 0.6) is 0 Å². The Balaban J connectivity index is 3.11. The van der Waals surface area contributed by atoms with E-state index in [1.165, 1.54) is 19.3 Å². The van der Waals surface area contributed by atoms with Crippen LogP contribution in [0.1, 0.15) is 58.8 Å². The van der Waals surface area contributed by atoms with Gasteiger partial charge in [-0.15, -0.1) is 0 Å². The zero-order chi connectivity index (χ0) is 12.8. The standard InChI is InChI=1S/C15H26O2/c1-3-5-6-7-8-9-10-11-12-13-14-17-15(16)4-2/h3,5-7H,4,8-14H2,1-2H3/b5-3+,7-6+. The second-order valence-corrected chi connectivity index (χ2v) is 4.08. The van der Waals surface area contributed by atoms with Gasteiger partial charge in [0.1, 0.15) is 0 Å². The summed E-state index contributed by atoms with van der Waals surface area (Å²) in [5.41, 5.74) is 0. The molecule has 0 aromatic rings. The van der Waals surface area contributed by atoms with Gasteiger partial charge in [0, 0.05) is 6.42 Å². The summed E-state index contributed by atoms with van der Waals surface area (Å²) in [5.74, 6) is -0.0842. The molecule has 0 bridgehead atoms. The Hall–Kier alpha value is -1.05. The highest BCUT2D eigenvalue weighted by Crippen LogP contribution is 2.06. The molecule has 0 saturated heterocycles. The van der Waals surface area contributed by atoms with E-state index in [0.717, 1.165) is 19.3 Å². The van der Waals surface area contributed by atoms with E-state index in [4.69, 9.17) is 4.74 Å². The van der Waals surface area contributed by atoms with Gasteiger partial charge in [-0.1, -0.05) is 50.5 Å². The van der Waals surface area contributed by atoms with Gasteiger partial charge in [-0.25, -0.2) is 0 Å². The van der Waals surface area contributed by atoms with E-state index in [1.54, 1.807) is 0 Å². The normalized spacial score (nSPS) is 11.4. The van der Waals surface area contributed by atoms with Crippen molar-refractivity contribution in [1.82, 2.24) is 0 Å². The van der Waals surface area contributed by atoms with E-state index >= 15 is 0 Å². The van der Waals surface area contributed by atoms with E-state index in [9.17, 15) is 4.79 Å². The quantitative estimate of drug-likeness (QED) is 0.320. The van der Waals surface area contributed by atoms with Crippen molar-refractivity contribution < 1.29 is 9.53 Å². The highest BCUT2D eigenvalue weighted by molar-refractivity contribution is 5.68. The summed E-state index contributed by atoms with van der Waals surface area (Å²) < 4.78 is 5.01. The summed E-state index contributed by atoms with van der Waals surface area (Å²) in [6, 6.07) is 0. The molecule has 0 heterocycles. The number of ether oxygens (including phenoxy) is 1. The molecule has 0 aromatic heterocycles. The minimum Gasteiger partial charge on any atom is -0.466 e. The number of esters is 1. The predicted octanol–water partition coefficient (Wildman–Crippen LogP) is 4.41. The van der Waals surface area contributed by atoms with Crippen molar-refractivity contribution >= 4 is 5.97 Å². The molecule has 0 amide bonds. The first-order valence-corrected chi connectivity index (χ1v) is 6.74. The second-order valence-electron chi connectivity index (χ2n) is 4.08. The largest absolute Gasteiger partial charge is 0.466 e. The fraction of sp³-hybridized carbons (Fsp3) is 0.667. The van der Waals surface area contributed by atoms with Crippen molar-refractivity contribution in [3.8, 4) is 0 Å². The lowest BCUT2D eigenvalue weighted by Gasteiger charge is -2.02. The Labute approximate surface area is 106 Å². The van der Waals surface area contributed by atoms with Crippen LogP contribution in [-0.4, -0.2) is 12.6 Å². The molecular formula is C15H26O2. The number of hydrogen-bond acceptors (Lipinski definition) is 2. The van der Waals surface area contributed by atoms with Gasteiger partial charge in [-0.2, -0.15) is 0 Å². The van der Waals surface area contributed by atoms with Crippen molar-refractivity contribution in [3.05, 3.63) is 24.3 Å². The van der Waals surface area contributed by atoms with Crippen molar-refractivity contribution in [3.63, 3.8) is 0 Å². The Kier molecular flexibility index (Phi) is 12.2. The summed E-state index contributed by atoms with van der Waals surface area (Å²) in [4.78, 5) is 10.8. The first-order chi connectivity index (χ1) is 8.31. The molecule has 0 N–H and O–H groups in total. The molecule has 0 radical (unpaired) electrons. The Morgan fingerprint density at radius 1 is 1.06 bits per heavy atom. The Morgan fingerprint density at radius 2 is 1.76 bits per heavy atom. The lowest BCUT2D eigenvalue weighted by atomic mass is 10.1. The predicted molar refractivity (Wildman–Crippen MR) is 72.9 cm³/mol. The van der Waals surface area contributed by atoms with Crippen LogP contribution in [0.4, 0.5) is 0 Å². The molecule has 0 aromatic carbocycles. The summed E-state index contributed by atoms with van der Waals surface area (Å²) in [5, 5.41) is 0. The Bertz CT molecular complexity index is 229. The smallest absolute Gasteiger partial charge is 0.305 e. The van der Waals surface area contributed by atoms with Gasteiger partial charge in [0.25, 0.3) is 0 Å². The van der Waals surface area contributed by atoms with E-state index < -0.39 is 0 Å². The maximum absolute atomic E-state index is 10.8. The third kappa shape index (κ3) is 12.9. The average molecular weight is 238 g/mol. The molecule has 0 atom stereocenters. The molecule has 0 unspecified atom stereocenters. The number of allylic oxidation sites excluding steroid dienone is 4. The monoisotopic (exact) mass is 238 g/mol. The molecule has 0 saturated carbocycles. The lowest BCUT2D eigenvalue weighted by Crippen LogP contribution is -2.03. The van der Waals surface area contributed by atoms with Crippen molar-refractivity contribution in [2.75, 3.05) is 6.61 Å². The summed E-state index contributed by atoms with van der Waals surface area (Å²) in [6.07, 6.45) is 16.0. The van der Waals surface area contributed by atoms with Crippen LogP contribution in [0.15, 0.2) is 24.3 Å². The SMILES string of the molecule is C/C=C/C=C/CCCCCCCOC(=O)CC. The molecule has 0 rings (SSSR count). The van der Waals surface area contributed by atoms with E-state index in [1.807, 2.05) is 19.9 Å². The van der Waals surface area contributed by atoms with Crippen LogP contribution in [-0.2, 0) is 9.53 Å². The summed E-state index contributed by atoms with van der Waals surface area (Å²) in [6.45, 7) is 4.44. The number of carbonyl (C=O) groups is 1. The second kappa shape index (κ2) is 13.0. The van der Waals surface area contributed by atoms with Crippen LogP contribution in [0.3, 0.4) is 0 Å². The van der Waals surface area contributed by atoms with Crippen LogP contribution >= 0.6 is 0 Å². The topological polar surface area (TPSA) is 26.3 Å². The van der Waals surface area contributed by atoms with E-state index in [0.29, 0.717) is 13.0 Å². The van der Waals surface area contributed by atoms with E-state index in [2.05, 4.69) is 18.2 Å². The van der Waals surface area contributed by atoms with Gasteiger partial charge in [0.15, 0.2) is 0 Å². The van der Waals surface area contributed by atoms with Gasteiger partial charge in [0.05, 0.1) is 6.61 Å². The van der Waals surface area contributed by atoms with Gasteiger partial charge in [-0.05, 0) is 26.2 Å². The van der Waals surface area contributed by atoms with E-state index in [-0.39, 0.29) is 5.97 Å². The minimum atomic E-state index is -0.0842. The third-order valence-corrected chi connectivity index (χ3v) is 2.51. The first-order valence-electron chi connectivity index (χ1n) is 6.74. The van der Waals surface area contributed by atoms with Crippen molar-refractivity contribution in [2.45, 2.75) is 58.8 Å². The number of rotatable bonds is 10. The molecule has 0 aliphatic heterocycles. The molecule has 0 aliphatic carbocycles. The van der Waals surface area contributed by atoms with Crippen LogP contribution in [0.25, 0.3) is 0 Å². The Morgan fingerprint density at radius 3 is 2.47 bits per heavy atom. The number of carbonyl (C=O) groups excluding carboxylic acids is 1. The first kappa shape index (κ1) is 16.0. The van der Waals surface area contributed by atoms with Crippen LogP contribution in [0.2, 0.25) is 0 Å². The summed E-state index contributed by atoms with van der Waals surface area (Å²) >= 11 is 0. The van der Waals surface area contributed by atoms with Gasteiger partial charge in [0.2, 0.25) is 0 Å². The maximum atomic E-state index is 10.8. The highest BCUT2D eigenvalue weighted by Gasteiger charge is 1.96. The summed E-state index contributed by atoms with van der Waals surface area (Å²) in [7, 11) is 0. The van der Waals surface area contributed by atoms with Gasteiger partial charge in [-0.3, -0.25) is 4.79 Å².